The Morgan fingerprint density at radius 1 is 1.07 bits per heavy atom. The molecule has 160 valence electrons. The monoisotopic (exact) mass is 428 g/mol. The third kappa shape index (κ3) is 4.96. The molecule has 0 atom stereocenters. The van der Waals surface area contributed by atoms with Gasteiger partial charge in [-0.15, -0.1) is 0 Å². The van der Waals surface area contributed by atoms with Crippen LogP contribution in [0.3, 0.4) is 0 Å². The van der Waals surface area contributed by atoms with Gasteiger partial charge in [0.05, 0.1) is 5.41 Å². The van der Waals surface area contributed by atoms with Crippen LogP contribution in [0, 0.1) is 0 Å². The number of hydrogen-bond acceptors (Lipinski definition) is 3. The van der Waals surface area contributed by atoms with E-state index in [0.717, 1.165) is 31.5 Å². The van der Waals surface area contributed by atoms with Gasteiger partial charge in [0, 0.05) is 29.9 Å². The predicted molar refractivity (Wildman–Crippen MR) is 120 cm³/mol. The van der Waals surface area contributed by atoms with Crippen molar-refractivity contribution in [2.45, 2.75) is 44.9 Å². The van der Waals surface area contributed by atoms with Gasteiger partial charge in [-0.25, -0.2) is 0 Å². The van der Waals surface area contributed by atoms with E-state index in [0.29, 0.717) is 29.3 Å². The van der Waals surface area contributed by atoms with E-state index in [4.69, 9.17) is 16.3 Å². The fourth-order valence-corrected chi connectivity index (χ4v) is 4.12. The third-order valence-corrected chi connectivity index (χ3v) is 6.20. The van der Waals surface area contributed by atoms with Crippen LogP contribution in [0.4, 0.5) is 5.69 Å². The van der Waals surface area contributed by atoms with E-state index in [1.54, 1.807) is 12.1 Å². The Hall–Kier alpha value is -2.53. The topological polar surface area (TPSA) is 58.6 Å². The van der Waals surface area contributed by atoms with Gasteiger partial charge in [0.2, 0.25) is 5.91 Å². The smallest absolute Gasteiger partial charge is 0.260 e. The van der Waals surface area contributed by atoms with Crippen LogP contribution in [-0.2, 0) is 15.0 Å². The van der Waals surface area contributed by atoms with E-state index in [2.05, 4.69) is 5.32 Å². The molecule has 0 aromatic heterocycles. The van der Waals surface area contributed by atoms with Crippen molar-refractivity contribution in [2.75, 3.05) is 25.0 Å². The number of likely N-dealkylation sites (tertiary alicyclic amines) is 1. The average molecular weight is 429 g/mol. The zero-order valence-corrected chi connectivity index (χ0v) is 18.4. The van der Waals surface area contributed by atoms with Gasteiger partial charge in [-0.2, -0.15) is 0 Å². The second-order valence-electron chi connectivity index (χ2n) is 7.65. The second kappa shape index (κ2) is 9.98. The highest BCUT2D eigenvalue weighted by molar-refractivity contribution is 6.30. The lowest BCUT2D eigenvalue weighted by molar-refractivity contribution is -0.132. The summed E-state index contributed by atoms with van der Waals surface area (Å²) in [5, 5.41) is 3.68. The number of anilines is 1. The third-order valence-electron chi connectivity index (χ3n) is 5.95. The number of amides is 2. The summed E-state index contributed by atoms with van der Waals surface area (Å²) in [6.07, 6.45) is 3.43. The number of nitrogens with zero attached hydrogens (tertiary/aromatic N) is 1. The standard InChI is InChI=1S/C24H29ClN2O3/c1-3-24(4-2,18-10-12-19(25)13-11-18)23(29)26-20-8-7-9-21(16-20)30-17-22(28)27-14-5-6-15-27/h7-13,16H,3-6,14-15,17H2,1-2H3,(H,26,29). The van der Waals surface area contributed by atoms with Gasteiger partial charge in [0.1, 0.15) is 5.75 Å². The van der Waals surface area contributed by atoms with E-state index < -0.39 is 5.41 Å². The molecule has 1 aliphatic heterocycles. The van der Waals surface area contributed by atoms with Crippen molar-refractivity contribution in [1.82, 2.24) is 4.90 Å². The summed E-state index contributed by atoms with van der Waals surface area (Å²) in [6, 6.07) is 14.6. The van der Waals surface area contributed by atoms with Crippen molar-refractivity contribution in [3.63, 3.8) is 0 Å². The Balaban J connectivity index is 1.69. The molecule has 3 rings (SSSR count). The fraction of sp³-hybridized carbons (Fsp3) is 0.417. The predicted octanol–water partition coefficient (Wildman–Crippen LogP) is 5.04. The van der Waals surface area contributed by atoms with Crippen molar-refractivity contribution in [3.05, 3.63) is 59.1 Å². The van der Waals surface area contributed by atoms with Crippen molar-refractivity contribution in [3.8, 4) is 5.75 Å². The molecule has 5 nitrogen and oxygen atoms in total. The maximum absolute atomic E-state index is 13.3. The van der Waals surface area contributed by atoms with Crippen LogP contribution in [0.5, 0.6) is 5.75 Å². The molecule has 2 amide bonds. The van der Waals surface area contributed by atoms with Crippen molar-refractivity contribution in [2.24, 2.45) is 0 Å². The van der Waals surface area contributed by atoms with Crippen molar-refractivity contribution >= 4 is 29.1 Å². The molecule has 1 aliphatic rings. The molecule has 0 saturated carbocycles. The van der Waals surface area contributed by atoms with Crippen LogP contribution >= 0.6 is 11.6 Å². The lowest BCUT2D eigenvalue weighted by atomic mass is 9.75. The number of benzene rings is 2. The Labute approximate surface area is 183 Å². The van der Waals surface area contributed by atoms with E-state index in [9.17, 15) is 9.59 Å². The van der Waals surface area contributed by atoms with Gasteiger partial charge in [0.25, 0.3) is 5.91 Å². The molecule has 6 heteroatoms. The number of carbonyl (C=O) groups excluding carboxylic acids is 2. The fourth-order valence-electron chi connectivity index (χ4n) is 4.00. The highest BCUT2D eigenvalue weighted by Crippen LogP contribution is 2.34. The SMILES string of the molecule is CCC(CC)(C(=O)Nc1cccc(OCC(=O)N2CCCC2)c1)c1ccc(Cl)cc1. The van der Waals surface area contributed by atoms with E-state index >= 15 is 0 Å². The summed E-state index contributed by atoms with van der Waals surface area (Å²) >= 11 is 6.03. The molecule has 0 radical (unpaired) electrons. The lowest BCUT2D eigenvalue weighted by Gasteiger charge is -2.31. The molecule has 2 aromatic rings. The number of carbonyl (C=O) groups is 2. The highest BCUT2D eigenvalue weighted by atomic mass is 35.5. The van der Waals surface area contributed by atoms with Crippen LogP contribution < -0.4 is 10.1 Å². The maximum Gasteiger partial charge on any atom is 0.260 e. The molecule has 1 fully saturated rings. The molecule has 1 saturated heterocycles. The average Bonchev–Trinajstić information content (AvgIpc) is 3.30. The van der Waals surface area contributed by atoms with E-state index in [1.807, 2.05) is 55.1 Å². The van der Waals surface area contributed by atoms with Crippen molar-refractivity contribution in [1.29, 1.82) is 0 Å². The summed E-state index contributed by atoms with van der Waals surface area (Å²) in [4.78, 5) is 27.3. The van der Waals surface area contributed by atoms with Gasteiger partial charge in [0.15, 0.2) is 6.61 Å². The van der Waals surface area contributed by atoms with Crippen LogP contribution in [0.1, 0.15) is 45.1 Å². The van der Waals surface area contributed by atoms with Crippen LogP contribution in [0.15, 0.2) is 48.5 Å². The highest BCUT2D eigenvalue weighted by Gasteiger charge is 2.36. The normalized spacial score (nSPS) is 13.9. The van der Waals surface area contributed by atoms with E-state index in [1.165, 1.54) is 0 Å². The first-order chi connectivity index (χ1) is 14.5. The first kappa shape index (κ1) is 22.2. The van der Waals surface area contributed by atoms with Crippen molar-refractivity contribution < 1.29 is 14.3 Å². The van der Waals surface area contributed by atoms with Crippen LogP contribution in [0.2, 0.25) is 5.02 Å². The largest absolute Gasteiger partial charge is 0.484 e. The quantitative estimate of drug-likeness (QED) is 0.640. The summed E-state index contributed by atoms with van der Waals surface area (Å²) in [6.45, 7) is 5.65. The Morgan fingerprint density at radius 2 is 1.73 bits per heavy atom. The number of nitrogens with one attached hydrogen (secondary N) is 1. The Kier molecular flexibility index (Phi) is 7.38. The van der Waals surface area contributed by atoms with Crippen LogP contribution in [-0.4, -0.2) is 36.4 Å². The molecule has 1 heterocycles. The maximum atomic E-state index is 13.3. The minimum Gasteiger partial charge on any atom is -0.484 e. The minimum atomic E-state index is -0.646. The first-order valence-electron chi connectivity index (χ1n) is 10.6. The minimum absolute atomic E-state index is 0.000611. The number of rotatable bonds is 8. The molecule has 0 unspecified atom stereocenters. The van der Waals surface area contributed by atoms with Gasteiger partial charge in [-0.1, -0.05) is 43.6 Å². The molecule has 2 aromatic carbocycles. The molecule has 0 aliphatic carbocycles. The number of hydrogen-bond donors (Lipinski definition) is 1. The summed E-state index contributed by atoms with van der Waals surface area (Å²) in [7, 11) is 0. The number of ether oxygens (including phenoxy) is 1. The van der Waals surface area contributed by atoms with E-state index in [-0.39, 0.29) is 18.4 Å². The number of halogens is 1. The van der Waals surface area contributed by atoms with Crippen LogP contribution in [0.25, 0.3) is 0 Å². The second-order valence-corrected chi connectivity index (χ2v) is 8.09. The first-order valence-corrected chi connectivity index (χ1v) is 10.9. The van der Waals surface area contributed by atoms with Gasteiger partial charge >= 0.3 is 0 Å². The molecule has 30 heavy (non-hydrogen) atoms. The Bertz CT molecular complexity index is 872. The molecule has 0 spiro atoms. The zero-order valence-electron chi connectivity index (χ0n) is 17.6. The molecular formula is C24H29ClN2O3. The summed E-state index contributed by atoms with van der Waals surface area (Å²) < 4.78 is 5.68. The summed E-state index contributed by atoms with van der Waals surface area (Å²) in [5.41, 5.74) is 0.942. The molecular weight excluding hydrogens is 400 g/mol. The van der Waals surface area contributed by atoms with Gasteiger partial charge in [-0.05, 0) is 55.5 Å². The van der Waals surface area contributed by atoms with Gasteiger partial charge < -0.3 is 15.0 Å². The lowest BCUT2D eigenvalue weighted by Crippen LogP contribution is -2.39. The zero-order chi connectivity index (χ0) is 21.6. The summed E-state index contributed by atoms with van der Waals surface area (Å²) in [5.74, 6) is 0.492. The van der Waals surface area contributed by atoms with Gasteiger partial charge in [-0.3, -0.25) is 9.59 Å². The molecule has 1 N–H and O–H groups in total. The Morgan fingerprint density at radius 3 is 2.37 bits per heavy atom. The molecule has 0 bridgehead atoms.